The molecular formula is C22H27IN4O2S. The minimum Gasteiger partial charge on any atom is -0.469 e. The molecule has 0 unspecified atom stereocenters. The van der Waals surface area contributed by atoms with Gasteiger partial charge in [-0.25, -0.2) is 4.99 Å². The first-order valence-corrected chi connectivity index (χ1v) is 10.4. The number of carbonyl (C=O) groups excluding carboxylic acids is 1. The van der Waals surface area contributed by atoms with Gasteiger partial charge in [-0.1, -0.05) is 18.2 Å². The first kappa shape index (κ1) is 23.9. The van der Waals surface area contributed by atoms with Crippen molar-refractivity contribution < 1.29 is 9.21 Å². The lowest BCUT2D eigenvalue weighted by atomic mass is 10.1. The maximum Gasteiger partial charge on any atom is 0.253 e. The Bertz CT molecular complexity index is 907. The second-order valence-electron chi connectivity index (χ2n) is 6.75. The number of carbonyl (C=O) groups is 1. The van der Waals surface area contributed by atoms with Crippen molar-refractivity contribution in [3.8, 4) is 0 Å². The number of hydrogen-bond donors (Lipinski definition) is 2. The molecule has 0 saturated carbocycles. The lowest BCUT2D eigenvalue weighted by Gasteiger charge is -2.12. The van der Waals surface area contributed by atoms with E-state index in [4.69, 9.17) is 9.41 Å². The largest absolute Gasteiger partial charge is 0.469 e. The minimum atomic E-state index is -0.00190. The Morgan fingerprint density at radius 3 is 2.53 bits per heavy atom. The van der Waals surface area contributed by atoms with Crippen LogP contribution in [-0.4, -0.2) is 37.4 Å². The number of guanidine groups is 1. The average Bonchev–Trinajstić information content (AvgIpc) is 3.43. The van der Waals surface area contributed by atoms with E-state index < -0.39 is 0 Å². The van der Waals surface area contributed by atoms with Crippen molar-refractivity contribution in [2.24, 2.45) is 4.99 Å². The number of hydrogen-bond acceptors (Lipinski definition) is 4. The molecule has 0 aliphatic heterocycles. The van der Waals surface area contributed by atoms with E-state index in [2.05, 4.69) is 22.1 Å². The van der Waals surface area contributed by atoms with Gasteiger partial charge in [0.2, 0.25) is 0 Å². The predicted molar refractivity (Wildman–Crippen MR) is 133 cm³/mol. The van der Waals surface area contributed by atoms with Crippen molar-refractivity contribution in [3.63, 3.8) is 0 Å². The number of rotatable bonds is 8. The van der Waals surface area contributed by atoms with E-state index in [9.17, 15) is 4.79 Å². The Balaban J connectivity index is 0.00000320. The number of thiophene rings is 1. The van der Waals surface area contributed by atoms with Crippen molar-refractivity contribution in [2.45, 2.75) is 19.5 Å². The highest BCUT2D eigenvalue weighted by molar-refractivity contribution is 14.0. The maximum absolute atomic E-state index is 12.0. The fraction of sp³-hybridized carbons (Fsp3) is 0.273. The molecule has 6 nitrogen and oxygen atoms in total. The van der Waals surface area contributed by atoms with Gasteiger partial charge in [-0.15, -0.1) is 35.3 Å². The lowest BCUT2D eigenvalue weighted by molar-refractivity contribution is 0.0827. The number of nitrogens with one attached hydrogen (secondary N) is 2. The fourth-order valence-electron chi connectivity index (χ4n) is 2.70. The highest BCUT2D eigenvalue weighted by atomic mass is 127. The average molecular weight is 538 g/mol. The Labute approximate surface area is 198 Å². The highest BCUT2D eigenvalue weighted by Gasteiger charge is 2.07. The monoisotopic (exact) mass is 538 g/mol. The molecule has 0 atom stereocenters. The molecule has 0 spiro atoms. The first-order valence-electron chi connectivity index (χ1n) is 9.49. The van der Waals surface area contributed by atoms with Crippen molar-refractivity contribution >= 4 is 47.2 Å². The van der Waals surface area contributed by atoms with Gasteiger partial charge in [0.1, 0.15) is 5.76 Å². The van der Waals surface area contributed by atoms with Crippen LogP contribution < -0.4 is 10.6 Å². The van der Waals surface area contributed by atoms with Gasteiger partial charge >= 0.3 is 0 Å². The second-order valence-corrected chi connectivity index (χ2v) is 7.78. The third kappa shape index (κ3) is 7.49. The molecule has 30 heavy (non-hydrogen) atoms. The van der Waals surface area contributed by atoms with Crippen LogP contribution in [0.2, 0.25) is 0 Å². The number of amides is 1. The molecule has 0 aliphatic rings. The Hall–Kier alpha value is -2.33. The first-order chi connectivity index (χ1) is 14.1. The van der Waals surface area contributed by atoms with E-state index in [0.717, 1.165) is 36.8 Å². The fourth-order valence-corrected chi connectivity index (χ4v) is 3.34. The van der Waals surface area contributed by atoms with Gasteiger partial charge < -0.3 is 20.0 Å². The molecule has 0 saturated heterocycles. The molecule has 0 fully saturated rings. The molecule has 3 rings (SSSR count). The van der Waals surface area contributed by atoms with E-state index >= 15 is 0 Å². The molecule has 8 heteroatoms. The van der Waals surface area contributed by atoms with Gasteiger partial charge in [0.05, 0.1) is 19.4 Å². The van der Waals surface area contributed by atoms with Crippen LogP contribution in [-0.2, 0) is 19.5 Å². The SMILES string of the molecule is CN(C)C(=O)c1ccc(CN=C(NCCc2ccco2)NCc2cccs2)cc1.I. The zero-order chi connectivity index (χ0) is 20.5. The third-order valence-corrected chi connectivity index (χ3v) is 5.16. The van der Waals surface area contributed by atoms with Crippen LogP contribution in [0.4, 0.5) is 0 Å². The van der Waals surface area contributed by atoms with E-state index in [-0.39, 0.29) is 29.9 Å². The van der Waals surface area contributed by atoms with Crippen LogP contribution in [0.15, 0.2) is 69.6 Å². The minimum absolute atomic E-state index is 0. The van der Waals surface area contributed by atoms with Crippen LogP contribution in [0.1, 0.15) is 26.6 Å². The summed E-state index contributed by atoms with van der Waals surface area (Å²) in [6.07, 6.45) is 2.47. The van der Waals surface area contributed by atoms with E-state index in [1.165, 1.54) is 4.88 Å². The normalized spacial score (nSPS) is 10.9. The summed E-state index contributed by atoms with van der Waals surface area (Å²) >= 11 is 1.71. The topological polar surface area (TPSA) is 69.9 Å². The molecular weight excluding hydrogens is 511 g/mol. The van der Waals surface area contributed by atoms with Gasteiger partial charge in [0.15, 0.2) is 5.96 Å². The van der Waals surface area contributed by atoms with Crippen molar-refractivity contribution in [1.29, 1.82) is 0 Å². The zero-order valence-electron chi connectivity index (χ0n) is 17.1. The highest BCUT2D eigenvalue weighted by Crippen LogP contribution is 2.09. The number of halogens is 1. The van der Waals surface area contributed by atoms with Gasteiger partial charge in [-0.05, 0) is 41.3 Å². The second kappa shape index (κ2) is 12.4. The molecule has 1 aromatic carbocycles. The molecule has 3 aromatic rings. The van der Waals surface area contributed by atoms with Crippen LogP contribution in [0.25, 0.3) is 0 Å². The Morgan fingerprint density at radius 1 is 1.10 bits per heavy atom. The lowest BCUT2D eigenvalue weighted by Crippen LogP contribution is -2.38. The van der Waals surface area contributed by atoms with Crippen LogP contribution in [0.5, 0.6) is 0 Å². The van der Waals surface area contributed by atoms with Crippen molar-refractivity contribution in [3.05, 3.63) is 81.9 Å². The van der Waals surface area contributed by atoms with Crippen molar-refractivity contribution in [2.75, 3.05) is 20.6 Å². The molecule has 160 valence electrons. The van der Waals surface area contributed by atoms with Crippen molar-refractivity contribution in [1.82, 2.24) is 15.5 Å². The number of aliphatic imine (C=N–C) groups is 1. The summed E-state index contributed by atoms with van der Waals surface area (Å²) in [6, 6.07) is 15.6. The molecule has 2 heterocycles. The standard InChI is InChI=1S/C22H26N4O2S.HI/c1-26(2)21(27)18-9-7-17(8-10-18)15-24-22(25-16-20-6-4-14-29-20)23-12-11-19-5-3-13-28-19;/h3-10,13-14H,11-12,15-16H2,1-2H3,(H2,23,24,25);1H. The molecule has 0 bridgehead atoms. The predicted octanol–water partition coefficient (Wildman–Crippen LogP) is 4.14. The molecule has 0 aliphatic carbocycles. The molecule has 0 radical (unpaired) electrons. The van der Waals surface area contributed by atoms with Gasteiger partial charge in [-0.2, -0.15) is 0 Å². The Kier molecular flexibility index (Phi) is 9.88. The zero-order valence-corrected chi connectivity index (χ0v) is 20.3. The van der Waals surface area contributed by atoms with Gasteiger partial charge in [0, 0.05) is 37.5 Å². The van der Waals surface area contributed by atoms with E-state index in [1.807, 2.05) is 42.5 Å². The van der Waals surface area contributed by atoms with Gasteiger partial charge in [-0.3, -0.25) is 4.79 Å². The summed E-state index contributed by atoms with van der Waals surface area (Å²) in [5.74, 6) is 1.69. The van der Waals surface area contributed by atoms with E-state index in [0.29, 0.717) is 12.1 Å². The summed E-state index contributed by atoms with van der Waals surface area (Å²) in [4.78, 5) is 19.5. The molecule has 1 amide bonds. The quantitative estimate of drug-likeness (QED) is 0.257. The van der Waals surface area contributed by atoms with E-state index in [1.54, 1.807) is 36.6 Å². The summed E-state index contributed by atoms with van der Waals surface area (Å²) < 4.78 is 5.38. The molecule has 2 aromatic heterocycles. The summed E-state index contributed by atoms with van der Waals surface area (Å²) in [6.45, 7) is 1.97. The maximum atomic E-state index is 12.0. The van der Waals surface area contributed by atoms with Crippen LogP contribution in [0, 0.1) is 0 Å². The Morgan fingerprint density at radius 2 is 1.90 bits per heavy atom. The number of furan rings is 1. The van der Waals surface area contributed by atoms with Gasteiger partial charge in [0.25, 0.3) is 5.91 Å². The summed E-state index contributed by atoms with van der Waals surface area (Å²) in [7, 11) is 3.50. The van der Waals surface area contributed by atoms with Crippen LogP contribution in [0.3, 0.4) is 0 Å². The summed E-state index contributed by atoms with van der Waals surface area (Å²) in [5.41, 5.74) is 1.72. The number of benzene rings is 1. The molecule has 2 N–H and O–H groups in total. The smallest absolute Gasteiger partial charge is 0.253 e. The van der Waals surface area contributed by atoms with Crippen LogP contribution >= 0.6 is 35.3 Å². The third-order valence-electron chi connectivity index (χ3n) is 4.28. The number of nitrogens with zero attached hydrogens (tertiary/aromatic N) is 2. The summed E-state index contributed by atoms with van der Waals surface area (Å²) in [5, 5.41) is 8.80.